The maximum atomic E-state index is 13.2. The van der Waals surface area contributed by atoms with Crippen molar-refractivity contribution < 1.29 is 18.5 Å². The molecule has 0 fully saturated rings. The zero-order chi connectivity index (χ0) is 22.0. The molecule has 0 unspecified atom stereocenters. The van der Waals surface area contributed by atoms with E-state index in [0.29, 0.717) is 45.4 Å². The van der Waals surface area contributed by atoms with Gasteiger partial charge in [0, 0.05) is 24.2 Å². The Bertz CT molecular complexity index is 1190. The van der Waals surface area contributed by atoms with Crippen molar-refractivity contribution >= 4 is 28.3 Å². The molecule has 1 atom stereocenters. The van der Waals surface area contributed by atoms with Gasteiger partial charge in [-0.15, -0.1) is 0 Å². The van der Waals surface area contributed by atoms with E-state index >= 15 is 0 Å². The number of hydrogen-bond donors (Lipinski definition) is 1. The lowest BCUT2D eigenvalue weighted by molar-refractivity contribution is 0.0947. The van der Waals surface area contributed by atoms with Gasteiger partial charge in [0.05, 0.1) is 39.0 Å². The third-order valence-corrected chi connectivity index (χ3v) is 6.72. The van der Waals surface area contributed by atoms with Crippen molar-refractivity contribution in [3.05, 3.63) is 83.4 Å². The molecule has 0 aliphatic carbocycles. The van der Waals surface area contributed by atoms with E-state index in [4.69, 9.17) is 4.74 Å². The van der Waals surface area contributed by atoms with Crippen LogP contribution in [-0.4, -0.2) is 29.7 Å². The van der Waals surface area contributed by atoms with Gasteiger partial charge in [-0.05, 0) is 43.3 Å². The van der Waals surface area contributed by atoms with E-state index in [9.17, 15) is 13.8 Å². The molecule has 1 heterocycles. The largest absolute Gasteiger partial charge is 0.496 e. The third-order valence-electron chi connectivity index (χ3n) is 5.22. The Balaban J connectivity index is 1.66. The highest BCUT2D eigenvalue weighted by atomic mass is 32.2. The average Bonchev–Trinajstić information content (AvgIpc) is 2.90. The van der Waals surface area contributed by atoms with Crippen molar-refractivity contribution in [2.24, 2.45) is 0 Å². The number of hydrogen-bond acceptors (Lipinski definition) is 4. The first kappa shape index (κ1) is 20.8. The molecule has 6 nitrogen and oxygen atoms in total. The van der Waals surface area contributed by atoms with Crippen LogP contribution in [0.4, 0.5) is 5.69 Å². The molecule has 3 aromatic carbocycles. The first-order chi connectivity index (χ1) is 15.0. The summed E-state index contributed by atoms with van der Waals surface area (Å²) in [5.74, 6) is 0.183. The topological polar surface area (TPSA) is 75.7 Å². The molecular formula is C24H22N2O4S. The highest BCUT2D eigenvalue weighted by Crippen LogP contribution is 2.35. The summed E-state index contributed by atoms with van der Waals surface area (Å²) in [7, 11) is 0.0644. The molecule has 3 aromatic rings. The van der Waals surface area contributed by atoms with Gasteiger partial charge in [0.2, 0.25) is 0 Å². The van der Waals surface area contributed by atoms with Gasteiger partial charge in [-0.2, -0.15) is 0 Å². The van der Waals surface area contributed by atoms with Crippen LogP contribution in [0.3, 0.4) is 0 Å². The number of ether oxygens (including phenoxy) is 1. The van der Waals surface area contributed by atoms with Gasteiger partial charge >= 0.3 is 0 Å². The van der Waals surface area contributed by atoms with Gasteiger partial charge in [0.25, 0.3) is 11.8 Å². The highest BCUT2D eigenvalue weighted by molar-refractivity contribution is 7.85. The zero-order valence-electron chi connectivity index (χ0n) is 17.3. The number of anilines is 1. The maximum Gasteiger partial charge on any atom is 0.259 e. The summed E-state index contributed by atoms with van der Waals surface area (Å²) in [6, 6.07) is 19.3. The number of nitrogens with one attached hydrogen (secondary N) is 1. The molecular weight excluding hydrogens is 412 g/mol. The summed E-state index contributed by atoms with van der Waals surface area (Å²) < 4.78 is 18.5. The molecule has 0 saturated carbocycles. The zero-order valence-corrected chi connectivity index (χ0v) is 18.1. The molecule has 1 aliphatic heterocycles. The number of fused-ring (bicyclic) bond motifs is 2. The van der Waals surface area contributed by atoms with Gasteiger partial charge in [-0.1, -0.05) is 30.3 Å². The predicted molar refractivity (Wildman–Crippen MR) is 119 cm³/mol. The van der Waals surface area contributed by atoms with Gasteiger partial charge in [-0.25, -0.2) is 4.21 Å². The Kier molecular flexibility index (Phi) is 5.86. The summed E-state index contributed by atoms with van der Waals surface area (Å²) in [6.45, 7) is 2.55. The number of carbonyl (C=O) groups excluding carboxylic acids is 2. The molecule has 0 radical (unpaired) electrons. The summed E-state index contributed by atoms with van der Waals surface area (Å²) in [5, 5.41) is 2.89. The fourth-order valence-corrected chi connectivity index (χ4v) is 4.99. The van der Waals surface area contributed by atoms with Crippen LogP contribution in [0.25, 0.3) is 0 Å². The summed E-state index contributed by atoms with van der Waals surface area (Å²) in [5.41, 5.74) is 2.16. The van der Waals surface area contributed by atoms with Crippen LogP contribution < -0.4 is 15.0 Å². The SMILES string of the molecule is CCN1C(=O)c2ccccc2[S@@](=O)c2ccc(C(=O)NCc3ccccc3OC)cc21. The molecule has 2 amide bonds. The molecule has 1 N–H and O–H groups in total. The van der Waals surface area contributed by atoms with E-state index in [1.165, 1.54) is 0 Å². The molecule has 1 aliphatic rings. The minimum atomic E-state index is -1.52. The highest BCUT2D eigenvalue weighted by Gasteiger charge is 2.30. The predicted octanol–water partition coefficient (Wildman–Crippen LogP) is 3.77. The van der Waals surface area contributed by atoms with E-state index in [2.05, 4.69) is 5.32 Å². The van der Waals surface area contributed by atoms with Crippen molar-refractivity contribution in [1.82, 2.24) is 5.32 Å². The normalized spacial score (nSPS) is 15.0. The number of benzene rings is 3. The number of para-hydroxylation sites is 1. The number of rotatable bonds is 5. The Hall–Kier alpha value is -3.45. The first-order valence-electron chi connectivity index (χ1n) is 9.92. The molecule has 0 saturated heterocycles. The first-order valence-corrected chi connectivity index (χ1v) is 11.1. The van der Waals surface area contributed by atoms with E-state index in [-0.39, 0.29) is 11.8 Å². The van der Waals surface area contributed by atoms with Crippen molar-refractivity contribution in [3.8, 4) is 5.75 Å². The molecule has 0 bridgehead atoms. The maximum absolute atomic E-state index is 13.2. The van der Waals surface area contributed by atoms with Gasteiger partial charge < -0.3 is 15.0 Å². The number of amides is 2. The number of nitrogens with zero attached hydrogens (tertiary/aromatic N) is 1. The van der Waals surface area contributed by atoms with Crippen molar-refractivity contribution in [1.29, 1.82) is 0 Å². The van der Waals surface area contributed by atoms with Gasteiger partial charge in [0.1, 0.15) is 5.75 Å². The van der Waals surface area contributed by atoms with Crippen LogP contribution in [-0.2, 0) is 17.3 Å². The second kappa shape index (κ2) is 8.73. The fourth-order valence-electron chi connectivity index (χ4n) is 3.65. The summed E-state index contributed by atoms with van der Waals surface area (Å²) in [4.78, 5) is 28.5. The molecule has 7 heteroatoms. The van der Waals surface area contributed by atoms with Crippen LogP contribution in [0.2, 0.25) is 0 Å². The Morgan fingerprint density at radius 3 is 2.55 bits per heavy atom. The third kappa shape index (κ3) is 3.84. The average molecular weight is 435 g/mol. The minimum absolute atomic E-state index is 0.225. The molecule has 0 aromatic heterocycles. The molecule has 158 valence electrons. The van der Waals surface area contributed by atoms with E-state index in [1.54, 1.807) is 54.5 Å². The van der Waals surface area contributed by atoms with Crippen LogP contribution in [0.15, 0.2) is 76.5 Å². The van der Waals surface area contributed by atoms with E-state index < -0.39 is 10.8 Å². The van der Waals surface area contributed by atoms with Crippen molar-refractivity contribution in [2.75, 3.05) is 18.6 Å². The van der Waals surface area contributed by atoms with Crippen LogP contribution in [0, 0.1) is 0 Å². The summed E-state index contributed by atoms with van der Waals surface area (Å²) in [6.07, 6.45) is 0. The van der Waals surface area contributed by atoms with Crippen molar-refractivity contribution in [2.45, 2.75) is 23.3 Å². The molecule has 31 heavy (non-hydrogen) atoms. The van der Waals surface area contributed by atoms with Crippen LogP contribution >= 0.6 is 0 Å². The number of carbonyl (C=O) groups is 2. The lowest BCUT2D eigenvalue weighted by Crippen LogP contribution is -2.31. The fraction of sp³-hybridized carbons (Fsp3) is 0.167. The quantitative estimate of drug-likeness (QED) is 0.663. The Labute approximate surface area is 183 Å². The minimum Gasteiger partial charge on any atom is -0.496 e. The van der Waals surface area contributed by atoms with Crippen LogP contribution in [0.1, 0.15) is 33.2 Å². The Morgan fingerprint density at radius 1 is 1.03 bits per heavy atom. The van der Waals surface area contributed by atoms with Crippen molar-refractivity contribution in [3.63, 3.8) is 0 Å². The van der Waals surface area contributed by atoms with E-state index in [1.807, 2.05) is 31.2 Å². The second-order valence-electron chi connectivity index (χ2n) is 6.99. The summed E-state index contributed by atoms with van der Waals surface area (Å²) >= 11 is 0. The molecule has 4 rings (SSSR count). The lowest BCUT2D eigenvalue weighted by atomic mass is 10.1. The Morgan fingerprint density at radius 2 is 1.77 bits per heavy atom. The monoisotopic (exact) mass is 434 g/mol. The van der Waals surface area contributed by atoms with Gasteiger partial charge in [-0.3, -0.25) is 9.59 Å². The second-order valence-corrected chi connectivity index (χ2v) is 8.41. The molecule has 0 spiro atoms. The van der Waals surface area contributed by atoms with Crippen LogP contribution in [0.5, 0.6) is 5.75 Å². The smallest absolute Gasteiger partial charge is 0.259 e. The number of methoxy groups -OCH3 is 1. The standard InChI is InChI=1S/C24H22N2O4S/c1-3-26-19-14-16(23(27)25-15-17-8-4-6-10-20(17)30-2)12-13-22(19)31(29)21-11-7-5-9-18(21)24(26)28/h4-14H,3,15H2,1-2H3,(H,25,27)/t31-/m1/s1. The lowest BCUT2D eigenvalue weighted by Gasteiger charge is -2.21. The van der Waals surface area contributed by atoms with E-state index in [0.717, 1.165) is 5.56 Å². The van der Waals surface area contributed by atoms with Gasteiger partial charge in [0.15, 0.2) is 0 Å².